The van der Waals surface area contributed by atoms with Crippen LogP contribution in [0.15, 0.2) is 48.7 Å². The van der Waals surface area contributed by atoms with Crippen molar-refractivity contribution < 1.29 is 9.53 Å². The number of aromatic nitrogens is 1. The molecule has 0 saturated heterocycles. The molecule has 1 heterocycles. The molecule has 2 N–H and O–H groups in total. The van der Waals surface area contributed by atoms with Gasteiger partial charge >= 0.3 is 0 Å². The lowest BCUT2D eigenvalue weighted by atomic mass is 10.1. The fourth-order valence-corrected chi connectivity index (χ4v) is 2.41. The molecule has 0 aliphatic rings. The Kier molecular flexibility index (Phi) is 3.54. The van der Waals surface area contributed by atoms with Gasteiger partial charge in [-0.05, 0) is 30.3 Å². The predicted octanol–water partition coefficient (Wildman–Crippen LogP) is 4.08. The molecule has 0 unspecified atom stereocenters. The van der Waals surface area contributed by atoms with E-state index in [2.05, 4.69) is 10.3 Å². The van der Waals surface area contributed by atoms with Crippen molar-refractivity contribution in [2.75, 3.05) is 12.4 Å². The normalized spacial score (nSPS) is 10.6. The molecule has 106 valence electrons. The van der Waals surface area contributed by atoms with Gasteiger partial charge in [-0.1, -0.05) is 17.7 Å². The Morgan fingerprint density at radius 1 is 1.24 bits per heavy atom. The first-order valence-electron chi connectivity index (χ1n) is 6.40. The number of amides is 1. The third-order valence-corrected chi connectivity index (χ3v) is 3.56. The summed E-state index contributed by atoms with van der Waals surface area (Å²) in [4.78, 5) is 15.5. The topological polar surface area (TPSA) is 54.1 Å². The summed E-state index contributed by atoms with van der Waals surface area (Å²) < 4.78 is 5.14. The van der Waals surface area contributed by atoms with Crippen molar-refractivity contribution in [2.24, 2.45) is 0 Å². The Labute approximate surface area is 126 Å². The molecule has 1 aromatic heterocycles. The number of methoxy groups -OCH3 is 1. The summed E-state index contributed by atoms with van der Waals surface area (Å²) in [6, 6.07) is 12.6. The average Bonchev–Trinajstić information content (AvgIpc) is 2.97. The molecule has 3 aromatic rings. The Morgan fingerprint density at radius 2 is 2.10 bits per heavy atom. The monoisotopic (exact) mass is 300 g/mol. The van der Waals surface area contributed by atoms with E-state index in [1.54, 1.807) is 24.3 Å². The van der Waals surface area contributed by atoms with E-state index in [-0.39, 0.29) is 5.91 Å². The molecular weight excluding hydrogens is 288 g/mol. The quantitative estimate of drug-likeness (QED) is 0.765. The van der Waals surface area contributed by atoms with Gasteiger partial charge in [-0.3, -0.25) is 4.79 Å². The first kappa shape index (κ1) is 13.5. The lowest BCUT2D eigenvalue weighted by molar-refractivity contribution is 0.102. The summed E-state index contributed by atoms with van der Waals surface area (Å²) in [5.74, 6) is 0.346. The van der Waals surface area contributed by atoms with Crippen LogP contribution in [0, 0.1) is 0 Å². The van der Waals surface area contributed by atoms with Crippen molar-refractivity contribution in [3.63, 3.8) is 0 Å². The van der Waals surface area contributed by atoms with Gasteiger partial charge in [-0.2, -0.15) is 0 Å². The number of aromatic amines is 1. The maximum absolute atomic E-state index is 12.4. The van der Waals surface area contributed by atoms with Crippen LogP contribution in [0.2, 0.25) is 5.02 Å². The molecule has 0 aliphatic heterocycles. The number of H-pyrrole nitrogens is 1. The fraction of sp³-hybridized carbons (Fsp3) is 0.0625. The van der Waals surface area contributed by atoms with Crippen molar-refractivity contribution >= 4 is 34.1 Å². The number of anilines is 1. The van der Waals surface area contributed by atoms with E-state index in [0.29, 0.717) is 22.0 Å². The predicted molar refractivity (Wildman–Crippen MR) is 84.3 cm³/mol. The number of halogens is 1. The number of nitrogens with one attached hydrogen (secondary N) is 2. The molecule has 5 heteroatoms. The molecule has 0 radical (unpaired) electrons. The summed E-state index contributed by atoms with van der Waals surface area (Å²) in [6.45, 7) is 0. The number of carbonyl (C=O) groups excluding carboxylic acids is 1. The Morgan fingerprint density at radius 3 is 2.90 bits per heavy atom. The molecule has 0 atom stereocenters. The maximum atomic E-state index is 12.4. The van der Waals surface area contributed by atoms with Gasteiger partial charge in [0.15, 0.2) is 0 Å². The lowest BCUT2D eigenvalue weighted by Crippen LogP contribution is -2.12. The van der Waals surface area contributed by atoms with Gasteiger partial charge < -0.3 is 15.0 Å². The second kappa shape index (κ2) is 5.50. The molecular formula is C16H13ClN2O2. The SMILES string of the molecule is COc1cc(NC(=O)c2cccc3[nH]ccc23)ccc1Cl. The number of ether oxygens (including phenoxy) is 1. The van der Waals surface area contributed by atoms with Crippen LogP contribution in [0.1, 0.15) is 10.4 Å². The molecule has 4 nitrogen and oxygen atoms in total. The molecule has 1 amide bonds. The number of hydrogen-bond acceptors (Lipinski definition) is 2. The fourth-order valence-electron chi connectivity index (χ4n) is 2.22. The second-order valence-electron chi connectivity index (χ2n) is 4.55. The van der Waals surface area contributed by atoms with Gasteiger partial charge in [0.25, 0.3) is 5.91 Å². The van der Waals surface area contributed by atoms with E-state index in [0.717, 1.165) is 10.9 Å². The van der Waals surface area contributed by atoms with E-state index < -0.39 is 0 Å². The highest BCUT2D eigenvalue weighted by molar-refractivity contribution is 6.32. The Hall–Kier alpha value is -2.46. The lowest BCUT2D eigenvalue weighted by Gasteiger charge is -2.09. The van der Waals surface area contributed by atoms with Crippen molar-refractivity contribution in [3.05, 3.63) is 59.2 Å². The summed E-state index contributed by atoms with van der Waals surface area (Å²) in [5, 5.41) is 4.24. The van der Waals surface area contributed by atoms with E-state index in [4.69, 9.17) is 16.3 Å². The molecule has 0 bridgehead atoms. The standard InChI is InChI=1S/C16H13ClN2O2/c1-21-15-9-10(5-6-13(15)17)19-16(20)12-3-2-4-14-11(12)7-8-18-14/h2-9,18H,1H3,(H,19,20). The van der Waals surface area contributed by atoms with Crippen LogP contribution < -0.4 is 10.1 Å². The number of rotatable bonds is 3. The zero-order chi connectivity index (χ0) is 14.8. The molecule has 0 fully saturated rings. The largest absolute Gasteiger partial charge is 0.495 e. The minimum Gasteiger partial charge on any atom is -0.495 e. The van der Waals surface area contributed by atoms with E-state index >= 15 is 0 Å². The minimum absolute atomic E-state index is 0.176. The highest BCUT2D eigenvalue weighted by Gasteiger charge is 2.11. The highest BCUT2D eigenvalue weighted by Crippen LogP contribution is 2.28. The Bertz CT molecular complexity index is 811. The van der Waals surface area contributed by atoms with Crippen LogP contribution in [0.3, 0.4) is 0 Å². The van der Waals surface area contributed by atoms with Crippen molar-refractivity contribution in [1.29, 1.82) is 0 Å². The van der Waals surface area contributed by atoms with Crippen LogP contribution in [0.25, 0.3) is 10.9 Å². The number of fused-ring (bicyclic) bond motifs is 1. The van der Waals surface area contributed by atoms with E-state index in [1.165, 1.54) is 7.11 Å². The van der Waals surface area contributed by atoms with Crippen molar-refractivity contribution in [2.45, 2.75) is 0 Å². The molecule has 0 aliphatic carbocycles. The van der Waals surface area contributed by atoms with Gasteiger partial charge in [-0.15, -0.1) is 0 Å². The Balaban J connectivity index is 1.91. The van der Waals surface area contributed by atoms with Crippen LogP contribution in [0.5, 0.6) is 5.75 Å². The third kappa shape index (κ3) is 2.58. The van der Waals surface area contributed by atoms with Crippen LogP contribution >= 0.6 is 11.6 Å². The van der Waals surface area contributed by atoms with Crippen LogP contribution in [-0.4, -0.2) is 18.0 Å². The van der Waals surface area contributed by atoms with E-state index in [9.17, 15) is 4.79 Å². The van der Waals surface area contributed by atoms with Gasteiger partial charge in [0.1, 0.15) is 5.75 Å². The van der Waals surface area contributed by atoms with Gasteiger partial charge in [0, 0.05) is 34.4 Å². The zero-order valence-corrected chi connectivity index (χ0v) is 12.1. The number of hydrogen-bond donors (Lipinski definition) is 2. The van der Waals surface area contributed by atoms with Crippen molar-refractivity contribution in [3.8, 4) is 5.75 Å². The first-order chi connectivity index (χ1) is 10.2. The summed E-state index contributed by atoms with van der Waals surface area (Å²) in [6.07, 6.45) is 1.81. The zero-order valence-electron chi connectivity index (χ0n) is 11.3. The average molecular weight is 301 g/mol. The summed E-state index contributed by atoms with van der Waals surface area (Å²) in [5.41, 5.74) is 2.17. The summed E-state index contributed by atoms with van der Waals surface area (Å²) in [7, 11) is 1.54. The molecule has 0 saturated carbocycles. The van der Waals surface area contributed by atoms with Crippen LogP contribution in [0.4, 0.5) is 5.69 Å². The van der Waals surface area contributed by atoms with Gasteiger partial charge in [0.05, 0.1) is 12.1 Å². The highest BCUT2D eigenvalue weighted by atomic mass is 35.5. The van der Waals surface area contributed by atoms with Crippen LogP contribution in [-0.2, 0) is 0 Å². The minimum atomic E-state index is -0.176. The molecule has 21 heavy (non-hydrogen) atoms. The molecule has 2 aromatic carbocycles. The van der Waals surface area contributed by atoms with Gasteiger partial charge in [-0.25, -0.2) is 0 Å². The smallest absolute Gasteiger partial charge is 0.256 e. The molecule has 3 rings (SSSR count). The number of benzene rings is 2. The third-order valence-electron chi connectivity index (χ3n) is 3.25. The van der Waals surface area contributed by atoms with E-state index in [1.807, 2.05) is 24.4 Å². The van der Waals surface area contributed by atoms with Gasteiger partial charge in [0.2, 0.25) is 0 Å². The van der Waals surface area contributed by atoms with Crippen molar-refractivity contribution in [1.82, 2.24) is 4.98 Å². The second-order valence-corrected chi connectivity index (χ2v) is 4.96. The molecule has 0 spiro atoms. The first-order valence-corrected chi connectivity index (χ1v) is 6.78. The maximum Gasteiger partial charge on any atom is 0.256 e. The number of carbonyl (C=O) groups is 1. The summed E-state index contributed by atoms with van der Waals surface area (Å²) >= 11 is 5.97.